The van der Waals surface area contributed by atoms with E-state index in [2.05, 4.69) is 25.6 Å². The number of aromatic amines is 1. The van der Waals surface area contributed by atoms with Crippen molar-refractivity contribution in [2.75, 3.05) is 19.6 Å². The van der Waals surface area contributed by atoms with Crippen LogP contribution in [0.2, 0.25) is 0 Å². The van der Waals surface area contributed by atoms with Crippen molar-refractivity contribution in [2.24, 2.45) is 5.92 Å². The number of nitrogens with zero attached hydrogens (tertiary/aromatic N) is 2. The first-order chi connectivity index (χ1) is 10.3. The van der Waals surface area contributed by atoms with Crippen LogP contribution in [0.3, 0.4) is 0 Å². The molecular formula is C15H21N5O. The number of hydrogen-bond donors (Lipinski definition) is 3. The van der Waals surface area contributed by atoms with Crippen LogP contribution < -0.4 is 16.2 Å². The van der Waals surface area contributed by atoms with Crippen molar-refractivity contribution in [3.05, 3.63) is 34.6 Å². The molecule has 1 aliphatic rings. The van der Waals surface area contributed by atoms with Crippen molar-refractivity contribution in [1.29, 1.82) is 0 Å². The molecule has 3 rings (SSSR count). The maximum absolute atomic E-state index is 11.7. The number of H-pyrrole nitrogens is 1. The van der Waals surface area contributed by atoms with Gasteiger partial charge in [-0.1, -0.05) is 0 Å². The molecule has 2 aromatic rings. The van der Waals surface area contributed by atoms with E-state index in [1.54, 1.807) is 12.3 Å². The van der Waals surface area contributed by atoms with E-state index in [1.807, 2.05) is 0 Å². The Morgan fingerprint density at radius 3 is 3.00 bits per heavy atom. The minimum atomic E-state index is -0.113. The van der Waals surface area contributed by atoms with Crippen molar-refractivity contribution in [1.82, 2.24) is 25.6 Å². The van der Waals surface area contributed by atoms with Crippen LogP contribution in [0.4, 0.5) is 0 Å². The van der Waals surface area contributed by atoms with Crippen molar-refractivity contribution in [3.63, 3.8) is 0 Å². The standard InChI is InChI=1S/C15H21N5O/c21-15-12-4-8-18-13(14(12)19-10-20-15)9-17-7-3-11-1-5-16-6-2-11/h4,8,10-11,16-17H,1-3,5-7,9H2,(H,19,20,21). The molecule has 0 amide bonds. The highest BCUT2D eigenvalue weighted by Crippen LogP contribution is 2.15. The van der Waals surface area contributed by atoms with Crippen LogP contribution in [0.25, 0.3) is 10.9 Å². The molecule has 0 saturated carbocycles. The number of nitrogens with one attached hydrogen (secondary N) is 3. The molecule has 0 spiro atoms. The summed E-state index contributed by atoms with van der Waals surface area (Å²) in [5.74, 6) is 0.820. The van der Waals surface area contributed by atoms with E-state index in [0.717, 1.165) is 31.2 Å². The summed E-state index contributed by atoms with van der Waals surface area (Å²) in [5.41, 5.74) is 1.41. The Balaban J connectivity index is 1.58. The second-order valence-electron chi connectivity index (χ2n) is 5.54. The van der Waals surface area contributed by atoms with Gasteiger partial charge in [-0.25, -0.2) is 4.98 Å². The van der Waals surface area contributed by atoms with Crippen molar-refractivity contribution in [2.45, 2.75) is 25.8 Å². The van der Waals surface area contributed by atoms with E-state index in [-0.39, 0.29) is 5.56 Å². The summed E-state index contributed by atoms with van der Waals surface area (Å²) in [6.45, 7) is 3.91. The molecule has 0 aromatic carbocycles. The summed E-state index contributed by atoms with van der Waals surface area (Å²) in [4.78, 5) is 22.9. The van der Waals surface area contributed by atoms with Gasteiger partial charge in [-0.15, -0.1) is 0 Å². The van der Waals surface area contributed by atoms with Crippen molar-refractivity contribution >= 4 is 10.9 Å². The average Bonchev–Trinajstić information content (AvgIpc) is 2.53. The lowest BCUT2D eigenvalue weighted by Crippen LogP contribution is -2.29. The van der Waals surface area contributed by atoms with Gasteiger partial charge in [-0.05, 0) is 50.9 Å². The number of fused-ring (bicyclic) bond motifs is 1. The molecule has 1 saturated heterocycles. The zero-order valence-electron chi connectivity index (χ0n) is 12.1. The smallest absolute Gasteiger partial charge is 0.258 e. The maximum atomic E-state index is 11.7. The topological polar surface area (TPSA) is 82.7 Å². The Morgan fingerprint density at radius 2 is 2.14 bits per heavy atom. The van der Waals surface area contributed by atoms with E-state index in [9.17, 15) is 4.79 Å². The highest BCUT2D eigenvalue weighted by Gasteiger charge is 2.12. The van der Waals surface area contributed by atoms with Gasteiger partial charge in [0.25, 0.3) is 5.56 Å². The number of aromatic nitrogens is 3. The first kappa shape index (κ1) is 14.2. The van der Waals surface area contributed by atoms with Gasteiger partial charge in [-0.3, -0.25) is 9.78 Å². The summed E-state index contributed by atoms with van der Waals surface area (Å²) in [6, 6.07) is 1.71. The molecule has 21 heavy (non-hydrogen) atoms. The summed E-state index contributed by atoms with van der Waals surface area (Å²) in [6.07, 6.45) is 6.84. The normalized spacial score (nSPS) is 16.4. The van der Waals surface area contributed by atoms with Crippen LogP contribution in [0.1, 0.15) is 25.0 Å². The lowest BCUT2D eigenvalue weighted by molar-refractivity contribution is 0.348. The lowest BCUT2D eigenvalue weighted by Gasteiger charge is -2.22. The number of pyridine rings is 1. The highest BCUT2D eigenvalue weighted by atomic mass is 16.1. The van der Waals surface area contributed by atoms with Crippen LogP contribution in [0, 0.1) is 5.92 Å². The molecule has 112 valence electrons. The lowest BCUT2D eigenvalue weighted by atomic mass is 9.95. The van der Waals surface area contributed by atoms with E-state index in [0.29, 0.717) is 17.4 Å². The molecular weight excluding hydrogens is 266 g/mol. The average molecular weight is 287 g/mol. The van der Waals surface area contributed by atoms with Crippen LogP contribution in [-0.2, 0) is 6.54 Å². The summed E-state index contributed by atoms with van der Waals surface area (Å²) >= 11 is 0. The zero-order chi connectivity index (χ0) is 14.5. The van der Waals surface area contributed by atoms with Crippen LogP contribution in [0.5, 0.6) is 0 Å². The van der Waals surface area contributed by atoms with E-state index < -0.39 is 0 Å². The summed E-state index contributed by atoms with van der Waals surface area (Å²) in [7, 11) is 0. The molecule has 6 nitrogen and oxygen atoms in total. The van der Waals surface area contributed by atoms with Crippen LogP contribution in [-0.4, -0.2) is 34.6 Å². The summed E-state index contributed by atoms with van der Waals surface area (Å²) < 4.78 is 0. The van der Waals surface area contributed by atoms with Crippen LogP contribution in [0.15, 0.2) is 23.4 Å². The first-order valence-corrected chi connectivity index (χ1v) is 7.57. The fraction of sp³-hybridized carbons (Fsp3) is 0.533. The zero-order valence-corrected chi connectivity index (χ0v) is 12.1. The number of rotatable bonds is 5. The number of hydrogen-bond acceptors (Lipinski definition) is 5. The molecule has 3 N–H and O–H groups in total. The molecule has 0 aliphatic carbocycles. The van der Waals surface area contributed by atoms with E-state index in [4.69, 9.17) is 0 Å². The second-order valence-corrected chi connectivity index (χ2v) is 5.54. The van der Waals surface area contributed by atoms with Gasteiger partial charge in [0.05, 0.1) is 17.4 Å². The first-order valence-electron chi connectivity index (χ1n) is 7.57. The van der Waals surface area contributed by atoms with Gasteiger partial charge >= 0.3 is 0 Å². The van der Waals surface area contributed by atoms with Gasteiger partial charge in [0, 0.05) is 12.7 Å². The van der Waals surface area contributed by atoms with Gasteiger partial charge < -0.3 is 15.6 Å². The SMILES string of the molecule is O=c1[nH]cnc2c(CNCCC3CCNCC3)nccc12. The van der Waals surface area contributed by atoms with Gasteiger partial charge in [0.2, 0.25) is 0 Å². The highest BCUT2D eigenvalue weighted by molar-refractivity contribution is 5.78. The minimum absolute atomic E-state index is 0.113. The molecule has 0 atom stereocenters. The third kappa shape index (κ3) is 3.46. The van der Waals surface area contributed by atoms with Crippen molar-refractivity contribution in [3.8, 4) is 0 Å². The molecule has 3 heterocycles. The largest absolute Gasteiger partial charge is 0.317 e. The fourth-order valence-electron chi connectivity index (χ4n) is 2.87. The molecule has 1 aliphatic heterocycles. The molecule has 0 bridgehead atoms. The van der Waals surface area contributed by atoms with E-state index in [1.165, 1.54) is 25.6 Å². The van der Waals surface area contributed by atoms with Crippen molar-refractivity contribution < 1.29 is 0 Å². The predicted octanol–water partition coefficient (Wildman–Crippen LogP) is 0.797. The Kier molecular flexibility index (Phi) is 4.57. The molecule has 0 radical (unpaired) electrons. The molecule has 0 unspecified atom stereocenters. The molecule has 1 fully saturated rings. The van der Waals surface area contributed by atoms with E-state index >= 15 is 0 Å². The predicted molar refractivity (Wildman–Crippen MR) is 82.1 cm³/mol. The Hall–Kier alpha value is -1.79. The molecule has 6 heteroatoms. The van der Waals surface area contributed by atoms with Gasteiger partial charge in [-0.2, -0.15) is 0 Å². The van der Waals surface area contributed by atoms with Gasteiger partial charge in [0.1, 0.15) is 5.52 Å². The van der Waals surface area contributed by atoms with Gasteiger partial charge in [0.15, 0.2) is 0 Å². The third-order valence-electron chi connectivity index (χ3n) is 4.11. The van der Waals surface area contributed by atoms with Crippen LogP contribution >= 0.6 is 0 Å². The third-order valence-corrected chi connectivity index (χ3v) is 4.11. The summed E-state index contributed by atoms with van der Waals surface area (Å²) in [5, 5.41) is 7.41. The Morgan fingerprint density at radius 1 is 1.29 bits per heavy atom. The Bertz CT molecular complexity index is 648. The second kappa shape index (κ2) is 6.78. The fourth-order valence-corrected chi connectivity index (χ4v) is 2.87. The molecule has 2 aromatic heterocycles. The monoisotopic (exact) mass is 287 g/mol. The Labute approximate surface area is 123 Å². The minimum Gasteiger partial charge on any atom is -0.317 e. The maximum Gasteiger partial charge on any atom is 0.258 e. The quantitative estimate of drug-likeness (QED) is 0.709. The number of piperidine rings is 1.